The molecule has 0 amide bonds. The molecule has 0 atom stereocenters. The summed E-state index contributed by atoms with van der Waals surface area (Å²) in [6.45, 7) is 11.3. The maximum atomic E-state index is 9.86. The van der Waals surface area contributed by atoms with Gasteiger partial charge >= 0.3 is 67.4 Å². The molecule has 0 bridgehead atoms. The molecule has 0 aromatic heterocycles. The molecule has 108 valence electrons. The zero-order chi connectivity index (χ0) is 13.9. The van der Waals surface area contributed by atoms with Crippen LogP contribution in [0.3, 0.4) is 0 Å². The summed E-state index contributed by atoms with van der Waals surface area (Å²) in [6, 6.07) is 0. The van der Waals surface area contributed by atoms with E-state index in [1.807, 2.05) is 0 Å². The molecule has 0 saturated carbocycles. The first kappa shape index (κ1) is 19.9. The average molecular weight is 288 g/mol. The fourth-order valence-electron chi connectivity index (χ4n) is 1.71. The first-order valence-corrected chi connectivity index (χ1v) is 10.9. The van der Waals surface area contributed by atoms with E-state index in [2.05, 4.69) is 32.2 Å². The van der Waals surface area contributed by atoms with E-state index in [1.54, 1.807) is 6.92 Å². The molecule has 6 heteroatoms. The van der Waals surface area contributed by atoms with Crippen molar-refractivity contribution >= 4 is 15.1 Å². The number of phosphoric ester groups is 1. The van der Waals surface area contributed by atoms with E-state index < -0.39 is 15.1 Å². The average Bonchev–Trinajstić information content (AvgIpc) is 2.30. The van der Waals surface area contributed by atoms with E-state index in [0.717, 1.165) is 0 Å². The van der Waals surface area contributed by atoms with Crippen LogP contribution in [-0.2, 0) is 9.09 Å². The summed E-state index contributed by atoms with van der Waals surface area (Å²) in [5.41, 5.74) is 0. The third-order valence-corrected chi connectivity index (χ3v) is 9.98. The second-order valence-electron chi connectivity index (χ2n) is 4.24. The minimum absolute atomic E-state index is 0.115. The fraction of sp³-hybridized carbons (Fsp3) is 1.00. The molecular formula is C11H30O4P2. The van der Waals surface area contributed by atoms with Crippen LogP contribution in [0, 0.1) is 0 Å². The number of phosphoric acid groups is 1. The van der Waals surface area contributed by atoms with Gasteiger partial charge in [0, 0.05) is 0 Å². The van der Waals surface area contributed by atoms with Crippen molar-refractivity contribution in [2.45, 2.75) is 41.0 Å². The van der Waals surface area contributed by atoms with E-state index in [1.165, 1.54) is 24.6 Å². The van der Waals surface area contributed by atoms with E-state index in [-0.39, 0.29) is 6.61 Å². The van der Waals surface area contributed by atoms with Crippen molar-refractivity contribution in [3.63, 3.8) is 0 Å². The molecular weight excluding hydrogens is 258 g/mol. The van der Waals surface area contributed by atoms with Crippen LogP contribution in [-0.4, -0.2) is 41.0 Å². The quantitative estimate of drug-likeness (QED) is 0.705. The van der Waals surface area contributed by atoms with Crippen LogP contribution >= 0.6 is 15.1 Å². The van der Waals surface area contributed by atoms with Gasteiger partial charge in [0.2, 0.25) is 0 Å². The van der Waals surface area contributed by atoms with Gasteiger partial charge < -0.3 is 9.79 Å². The Hall–Kier alpha value is 0.540. The van der Waals surface area contributed by atoms with Gasteiger partial charge in [-0.25, -0.2) is 4.57 Å². The Morgan fingerprint density at radius 1 is 0.941 bits per heavy atom. The van der Waals surface area contributed by atoms with Crippen molar-refractivity contribution in [2.24, 2.45) is 0 Å². The summed E-state index contributed by atoms with van der Waals surface area (Å²) in [4.78, 5) is 16.1. The van der Waals surface area contributed by atoms with Gasteiger partial charge in [0.15, 0.2) is 0 Å². The molecule has 0 aliphatic heterocycles. The summed E-state index contributed by atoms with van der Waals surface area (Å²) in [6.07, 6.45) is 6.55. The van der Waals surface area contributed by atoms with Crippen molar-refractivity contribution < 1.29 is 18.9 Å². The van der Waals surface area contributed by atoms with Gasteiger partial charge in [0.25, 0.3) is 0 Å². The van der Waals surface area contributed by atoms with E-state index >= 15 is 0 Å². The van der Waals surface area contributed by atoms with Gasteiger partial charge in [0.05, 0.1) is 6.61 Å². The molecule has 0 rings (SSSR count). The molecule has 0 spiro atoms. The summed E-state index contributed by atoms with van der Waals surface area (Å²) < 4.78 is 13.9. The SMILES string of the molecule is CCCOP(=O)(O)O.CC[PH](CC)(CC)CC. The van der Waals surface area contributed by atoms with Crippen molar-refractivity contribution in [1.29, 1.82) is 0 Å². The third-order valence-electron chi connectivity index (χ3n) is 3.46. The predicted octanol–water partition coefficient (Wildman–Crippen LogP) is 3.32. The summed E-state index contributed by atoms with van der Waals surface area (Å²) in [5.74, 6) is 0. The molecule has 0 heterocycles. The van der Waals surface area contributed by atoms with Crippen LogP contribution < -0.4 is 0 Å². The zero-order valence-electron chi connectivity index (χ0n) is 11.9. The number of hydrogen-bond acceptors (Lipinski definition) is 2. The molecule has 0 aliphatic carbocycles. The minimum atomic E-state index is -4.18. The van der Waals surface area contributed by atoms with Gasteiger partial charge in [0.1, 0.15) is 0 Å². The second-order valence-corrected chi connectivity index (χ2v) is 11.3. The van der Waals surface area contributed by atoms with Gasteiger partial charge in [-0.15, -0.1) is 0 Å². The van der Waals surface area contributed by atoms with Crippen LogP contribution in [0.2, 0.25) is 0 Å². The Bertz CT molecular complexity index is 194. The van der Waals surface area contributed by atoms with E-state index in [4.69, 9.17) is 9.79 Å². The third kappa shape index (κ3) is 11.4. The van der Waals surface area contributed by atoms with E-state index in [9.17, 15) is 4.57 Å². The first-order chi connectivity index (χ1) is 7.80. The number of rotatable bonds is 7. The summed E-state index contributed by atoms with van der Waals surface area (Å²) in [7, 11) is -4.87. The Kier molecular flexibility index (Phi) is 12.2. The Morgan fingerprint density at radius 2 is 1.29 bits per heavy atom. The van der Waals surface area contributed by atoms with Gasteiger partial charge in [-0.2, -0.15) is 0 Å². The molecule has 0 aromatic carbocycles. The molecule has 0 saturated heterocycles. The van der Waals surface area contributed by atoms with Crippen LogP contribution in [0.4, 0.5) is 0 Å². The molecule has 0 aliphatic rings. The van der Waals surface area contributed by atoms with E-state index in [0.29, 0.717) is 6.42 Å². The Labute approximate surface area is 107 Å². The molecule has 17 heavy (non-hydrogen) atoms. The summed E-state index contributed by atoms with van der Waals surface area (Å²) >= 11 is 0. The predicted molar refractivity (Wildman–Crippen MR) is 78.8 cm³/mol. The number of hydrogen-bond donors (Lipinski definition) is 2. The topological polar surface area (TPSA) is 66.8 Å². The molecule has 0 radical (unpaired) electrons. The summed E-state index contributed by atoms with van der Waals surface area (Å²) in [5, 5.41) is 0. The van der Waals surface area contributed by atoms with Crippen molar-refractivity contribution in [1.82, 2.24) is 0 Å². The normalized spacial score (nSPS) is 12.9. The van der Waals surface area contributed by atoms with Crippen LogP contribution in [0.5, 0.6) is 0 Å². The van der Waals surface area contributed by atoms with Crippen molar-refractivity contribution in [3.8, 4) is 0 Å². The first-order valence-electron chi connectivity index (χ1n) is 6.50. The van der Waals surface area contributed by atoms with Crippen LogP contribution in [0.15, 0.2) is 0 Å². The molecule has 4 nitrogen and oxygen atoms in total. The second kappa shape index (κ2) is 10.5. The van der Waals surface area contributed by atoms with Crippen LogP contribution in [0.25, 0.3) is 0 Å². The fourth-order valence-corrected chi connectivity index (χ4v) is 5.13. The zero-order valence-corrected chi connectivity index (χ0v) is 13.8. The monoisotopic (exact) mass is 288 g/mol. The Morgan fingerprint density at radius 3 is 1.35 bits per heavy atom. The van der Waals surface area contributed by atoms with Gasteiger partial charge in [-0.05, 0) is 6.42 Å². The van der Waals surface area contributed by atoms with Crippen LogP contribution in [0.1, 0.15) is 41.0 Å². The molecule has 0 aromatic rings. The molecule has 0 fully saturated rings. The molecule has 2 N–H and O–H groups in total. The van der Waals surface area contributed by atoms with Crippen molar-refractivity contribution in [3.05, 3.63) is 0 Å². The van der Waals surface area contributed by atoms with Gasteiger partial charge in [-0.1, -0.05) is 6.92 Å². The van der Waals surface area contributed by atoms with Gasteiger partial charge in [-0.3, -0.25) is 4.52 Å². The Balaban J connectivity index is 0. The maximum absolute atomic E-state index is 9.86. The standard InChI is InChI=1S/C8H21P.C3H9O4P/c1-5-9(6-2,7-3)8-4;1-2-3-7-8(4,5)6/h9H,5-8H2,1-4H3;2-3H2,1H3,(H2,4,5,6). The van der Waals surface area contributed by atoms with Crippen molar-refractivity contribution in [2.75, 3.05) is 31.3 Å². The molecule has 0 unspecified atom stereocenters.